The normalized spacial score (nSPS) is 23.8. The minimum absolute atomic E-state index is 0.00846. The van der Waals surface area contributed by atoms with E-state index in [1.807, 2.05) is 12.1 Å². The number of carboxylic acid groups (broad SMARTS) is 1. The van der Waals surface area contributed by atoms with Crippen LogP contribution in [0, 0.1) is 5.92 Å². The monoisotopic (exact) mass is 341 g/mol. The molecule has 1 amide bonds. The van der Waals surface area contributed by atoms with Gasteiger partial charge in [-0.1, -0.05) is 35.9 Å². The van der Waals surface area contributed by atoms with Crippen molar-refractivity contribution in [1.29, 1.82) is 0 Å². The first-order chi connectivity index (χ1) is 11.5. The molecule has 2 aromatic carbocycles. The number of benzene rings is 2. The van der Waals surface area contributed by atoms with Gasteiger partial charge in [0.15, 0.2) is 0 Å². The first-order valence-electron chi connectivity index (χ1n) is 7.93. The molecule has 24 heavy (non-hydrogen) atoms. The summed E-state index contributed by atoms with van der Waals surface area (Å²) in [6, 6.07) is 12.8. The van der Waals surface area contributed by atoms with Crippen LogP contribution >= 0.6 is 11.6 Å². The van der Waals surface area contributed by atoms with E-state index in [0.29, 0.717) is 5.69 Å². The summed E-state index contributed by atoms with van der Waals surface area (Å²) in [5, 5.41) is 12.0. The molecule has 1 saturated carbocycles. The molecule has 2 aromatic rings. The molecular weight excluding hydrogens is 326 g/mol. The summed E-state index contributed by atoms with van der Waals surface area (Å²) in [5.41, 5.74) is 3.21. The highest BCUT2D eigenvalue weighted by Crippen LogP contribution is 2.61. The van der Waals surface area contributed by atoms with Crippen molar-refractivity contribution in [3.8, 4) is 0 Å². The van der Waals surface area contributed by atoms with Crippen molar-refractivity contribution < 1.29 is 14.7 Å². The van der Waals surface area contributed by atoms with E-state index in [1.54, 1.807) is 6.07 Å². The molecule has 0 saturated heterocycles. The van der Waals surface area contributed by atoms with E-state index in [1.165, 1.54) is 23.3 Å². The number of anilines is 1. The van der Waals surface area contributed by atoms with Crippen LogP contribution in [0.2, 0.25) is 5.02 Å². The lowest BCUT2D eigenvalue weighted by molar-refractivity contribution is -0.117. The number of amides is 1. The molecular formula is C19H16ClNO3. The summed E-state index contributed by atoms with van der Waals surface area (Å²) in [5.74, 6) is -1.13. The number of carbonyl (C=O) groups is 2. The Bertz CT molecular complexity index is 863. The molecule has 4 nitrogen and oxygen atoms in total. The summed E-state index contributed by atoms with van der Waals surface area (Å²) < 4.78 is 0. The van der Waals surface area contributed by atoms with E-state index in [9.17, 15) is 9.59 Å². The predicted octanol–water partition coefficient (Wildman–Crippen LogP) is 3.88. The second-order valence-electron chi connectivity index (χ2n) is 6.56. The average molecular weight is 342 g/mol. The van der Waals surface area contributed by atoms with Gasteiger partial charge in [0.1, 0.15) is 0 Å². The fourth-order valence-electron chi connectivity index (χ4n) is 3.94. The van der Waals surface area contributed by atoms with Crippen LogP contribution in [0.5, 0.6) is 0 Å². The Morgan fingerprint density at radius 1 is 1.21 bits per heavy atom. The van der Waals surface area contributed by atoms with E-state index >= 15 is 0 Å². The highest BCUT2D eigenvalue weighted by molar-refractivity contribution is 6.33. The van der Waals surface area contributed by atoms with E-state index in [2.05, 4.69) is 17.4 Å². The van der Waals surface area contributed by atoms with Crippen LogP contribution in [0.3, 0.4) is 0 Å². The van der Waals surface area contributed by atoms with Gasteiger partial charge < -0.3 is 10.4 Å². The molecule has 2 aliphatic carbocycles. The van der Waals surface area contributed by atoms with Gasteiger partial charge in [0, 0.05) is 17.0 Å². The molecule has 0 radical (unpaired) electrons. The molecule has 0 heterocycles. The maximum absolute atomic E-state index is 12.6. The Balaban J connectivity index is 1.51. The molecule has 0 aromatic heterocycles. The minimum atomic E-state index is -1.08. The lowest BCUT2D eigenvalue weighted by Gasteiger charge is -2.12. The van der Waals surface area contributed by atoms with Crippen LogP contribution in [-0.4, -0.2) is 17.0 Å². The summed E-state index contributed by atoms with van der Waals surface area (Å²) in [4.78, 5) is 23.6. The highest BCUT2D eigenvalue weighted by atomic mass is 35.5. The number of hydrogen-bond donors (Lipinski definition) is 2. The molecule has 1 fully saturated rings. The Kier molecular flexibility index (Phi) is 3.39. The Morgan fingerprint density at radius 3 is 2.75 bits per heavy atom. The Hall–Kier alpha value is -2.33. The van der Waals surface area contributed by atoms with Gasteiger partial charge in [-0.3, -0.25) is 4.79 Å². The summed E-state index contributed by atoms with van der Waals surface area (Å²) in [6.07, 6.45) is 2.92. The van der Waals surface area contributed by atoms with Crippen molar-refractivity contribution in [2.24, 2.45) is 5.92 Å². The van der Waals surface area contributed by atoms with Gasteiger partial charge in [-0.05, 0) is 48.6 Å². The molecule has 2 N–H and O–H groups in total. The van der Waals surface area contributed by atoms with Crippen LogP contribution in [0.4, 0.5) is 5.69 Å². The standard InChI is InChI=1S/C19H16ClNO3/c20-16-9-12(5-6-13(16)18(23)24)21-17(22)15-10-19(15)8-7-11-3-1-2-4-14(11)19/h1-6,9,15H,7-8,10H2,(H,21,22)(H,23,24). The van der Waals surface area contributed by atoms with Crippen LogP contribution in [0.1, 0.15) is 34.3 Å². The molecule has 122 valence electrons. The zero-order valence-corrected chi connectivity index (χ0v) is 13.6. The van der Waals surface area contributed by atoms with Gasteiger partial charge in [0.05, 0.1) is 10.6 Å². The van der Waals surface area contributed by atoms with Crippen LogP contribution < -0.4 is 5.32 Å². The minimum Gasteiger partial charge on any atom is -0.478 e. The molecule has 2 aliphatic rings. The van der Waals surface area contributed by atoms with Crippen molar-refractivity contribution in [1.82, 2.24) is 0 Å². The highest BCUT2D eigenvalue weighted by Gasteiger charge is 2.61. The first-order valence-corrected chi connectivity index (χ1v) is 8.31. The number of rotatable bonds is 3. The smallest absolute Gasteiger partial charge is 0.337 e. The molecule has 2 atom stereocenters. The van der Waals surface area contributed by atoms with Crippen LogP contribution in [0.25, 0.3) is 0 Å². The number of aromatic carboxylic acids is 1. The first kappa shape index (κ1) is 15.2. The van der Waals surface area contributed by atoms with Gasteiger partial charge in [0.2, 0.25) is 5.91 Å². The number of aryl methyl sites for hydroxylation is 1. The summed E-state index contributed by atoms with van der Waals surface area (Å²) in [7, 11) is 0. The van der Waals surface area contributed by atoms with Crippen molar-refractivity contribution in [3.63, 3.8) is 0 Å². The maximum Gasteiger partial charge on any atom is 0.337 e. The quantitative estimate of drug-likeness (QED) is 0.890. The van der Waals surface area contributed by atoms with Gasteiger partial charge in [-0.25, -0.2) is 4.79 Å². The number of carbonyl (C=O) groups excluding carboxylic acids is 1. The van der Waals surface area contributed by atoms with Crippen molar-refractivity contribution in [2.75, 3.05) is 5.32 Å². The largest absolute Gasteiger partial charge is 0.478 e. The van der Waals surface area contributed by atoms with Crippen LogP contribution in [0.15, 0.2) is 42.5 Å². The third-order valence-corrected chi connectivity index (χ3v) is 5.57. The zero-order chi connectivity index (χ0) is 16.9. The SMILES string of the molecule is O=C(O)c1ccc(NC(=O)C2CC23CCc2ccccc23)cc1Cl. The molecule has 4 rings (SSSR count). The second kappa shape index (κ2) is 5.35. The van der Waals surface area contributed by atoms with E-state index < -0.39 is 5.97 Å². The molecule has 5 heteroatoms. The molecule has 1 spiro atoms. The van der Waals surface area contributed by atoms with E-state index in [-0.39, 0.29) is 27.8 Å². The number of hydrogen-bond acceptors (Lipinski definition) is 2. The lowest BCUT2D eigenvalue weighted by atomic mass is 9.95. The van der Waals surface area contributed by atoms with Gasteiger partial charge in [-0.2, -0.15) is 0 Å². The Labute approximate surface area is 144 Å². The predicted molar refractivity (Wildman–Crippen MR) is 91.6 cm³/mol. The second-order valence-corrected chi connectivity index (χ2v) is 6.97. The van der Waals surface area contributed by atoms with Gasteiger partial charge in [-0.15, -0.1) is 0 Å². The topological polar surface area (TPSA) is 66.4 Å². The van der Waals surface area contributed by atoms with Crippen LogP contribution in [-0.2, 0) is 16.6 Å². The van der Waals surface area contributed by atoms with E-state index in [0.717, 1.165) is 19.3 Å². The maximum atomic E-state index is 12.6. The fourth-order valence-corrected chi connectivity index (χ4v) is 4.20. The zero-order valence-electron chi connectivity index (χ0n) is 12.9. The number of nitrogens with one attached hydrogen (secondary N) is 1. The Morgan fingerprint density at radius 2 is 2.00 bits per heavy atom. The summed E-state index contributed by atoms with van der Waals surface area (Å²) >= 11 is 5.96. The van der Waals surface area contributed by atoms with Crippen molar-refractivity contribution in [2.45, 2.75) is 24.7 Å². The number of carboxylic acids is 1. The molecule has 0 aliphatic heterocycles. The van der Waals surface area contributed by atoms with E-state index in [4.69, 9.17) is 16.7 Å². The number of fused-ring (bicyclic) bond motifs is 2. The van der Waals surface area contributed by atoms with Gasteiger partial charge in [0.25, 0.3) is 0 Å². The van der Waals surface area contributed by atoms with Crippen molar-refractivity contribution >= 4 is 29.2 Å². The van der Waals surface area contributed by atoms with Crippen molar-refractivity contribution in [3.05, 3.63) is 64.2 Å². The fraction of sp³-hybridized carbons (Fsp3) is 0.263. The third kappa shape index (κ3) is 2.29. The molecule has 2 unspecified atom stereocenters. The lowest BCUT2D eigenvalue weighted by Crippen LogP contribution is -2.19. The third-order valence-electron chi connectivity index (χ3n) is 5.25. The summed E-state index contributed by atoms with van der Waals surface area (Å²) in [6.45, 7) is 0. The average Bonchev–Trinajstić information content (AvgIpc) is 3.17. The number of halogens is 1. The van der Waals surface area contributed by atoms with Gasteiger partial charge >= 0.3 is 5.97 Å². The molecule has 0 bridgehead atoms.